The monoisotopic (exact) mass is 515 g/mol. The molecule has 12 heteroatoms. The Morgan fingerprint density at radius 3 is 2.43 bits per heavy atom. The lowest BCUT2D eigenvalue weighted by Crippen LogP contribution is -2.49. The molecule has 188 valence electrons. The molecule has 0 aromatic heterocycles. The number of Topliss-reactive ketones (excluding diaryl/α,β-unsaturated/α-hetero) is 1. The molecule has 2 aromatic carbocycles. The maximum atomic E-state index is 14.0. The van der Waals surface area contributed by atoms with Gasteiger partial charge in [0.15, 0.2) is 15.6 Å². The van der Waals surface area contributed by atoms with Gasteiger partial charge >= 0.3 is 6.18 Å². The van der Waals surface area contributed by atoms with Gasteiger partial charge in [0.25, 0.3) is 11.5 Å². The van der Waals surface area contributed by atoms with Crippen LogP contribution in [0.3, 0.4) is 0 Å². The molecular formula is C23H21F4NO6S. The number of carbonyl (C=O) groups is 2. The maximum Gasteiger partial charge on any atom is 0.430 e. The summed E-state index contributed by atoms with van der Waals surface area (Å²) in [7, 11) is -3.25. The molecule has 2 atom stereocenters. The van der Waals surface area contributed by atoms with Crippen LogP contribution in [-0.4, -0.2) is 49.3 Å². The van der Waals surface area contributed by atoms with Gasteiger partial charge in [0.1, 0.15) is 5.75 Å². The van der Waals surface area contributed by atoms with Crippen molar-refractivity contribution in [3.8, 4) is 5.75 Å². The van der Waals surface area contributed by atoms with Crippen molar-refractivity contribution in [2.24, 2.45) is 5.41 Å². The SMILES string of the molecule is CC(F)Oc1cccc(N2C(=O)[C@@](O)(C(F)(F)F)c3cc(C(=O)CC4(C)CS(=O)(=O)C4)ccc32)c1. The van der Waals surface area contributed by atoms with Gasteiger partial charge < -0.3 is 9.84 Å². The van der Waals surface area contributed by atoms with E-state index in [2.05, 4.69) is 0 Å². The van der Waals surface area contributed by atoms with Crippen LogP contribution in [-0.2, 0) is 20.2 Å². The summed E-state index contributed by atoms with van der Waals surface area (Å²) in [6, 6.07) is 8.26. The number of amides is 1. The summed E-state index contributed by atoms with van der Waals surface area (Å²) in [5, 5.41) is 10.7. The van der Waals surface area contributed by atoms with Crippen LogP contribution in [0.4, 0.5) is 28.9 Å². The minimum atomic E-state index is -5.43. The second-order valence-electron chi connectivity index (χ2n) is 9.18. The molecule has 2 aliphatic heterocycles. The number of aliphatic hydroxyl groups is 1. The summed E-state index contributed by atoms with van der Waals surface area (Å²) in [6.07, 6.45) is -7.38. The van der Waals surface area contributed by atoms with Gasteiger partial charge in [-0.05, 0) is 30.3 Å². The van der Waals surface area contributed by atoms with Gasteiger partial charge in [0.2, 0.25) is 6.36 Å². The highest BCUT2D eigenvalue weighted by atomic mass is 32.2. The highest BCUT2D eigenvalue weighted by Crippen LogP contribution is 2.52. The smallest absolute Gasteiger partial charge is 0.430 e. The van der Waals surface area contributed by atoms with Crippen LogP contribution >= 0.6 is 0 Å². The normalized spacial score (nSPS) is 23.4. The largest absolute Gasteiger partial charge is 0.461 e. The fourth-order valence-corrected chi connectivity index (χ4v) is 6.85. The first kappa shape index (κ1) is 25.1. The second-order valence-corrected chi connectivity index (χ2v) is 11.2. The first-order valence-corrected chi connectivity index (χ1v) is 12.3. The standard InChI is InChI=1S/C23H21F4NO6S/c1-13(24)34-16-5-3-4-15(9-16)28-18-7-6-14(19(29)10-21(2)11-35(32,33)12-21)8-17(18)22(31,20(28)30)23(25,26)27/h3-9,13,31H,10-12H2,1-2H3/t13?,22-/m1/s1. The number of carbonyl (C=O) groups excluding carboxylic acids is 2. The lowest BCUT2D eigenvalue weighted by molar-refractivity contribution is -0.253. The lowest BCUT2D eigenvalue weighted by atomic mass is 9.85. The number of hydrogen-bond acceptors (Lipinski definition) is 6. The Kier molecular flexibility index (Phi) is 5.75. The van der Waals surface area contributed by atoms with Crippen molar-refractivity contribution in [3.63, 3.8) is 0 Å². The van der Waals surface area contributed by atoms with Crippen LogP contribution in [0.2, 0.25) is 0 Å². The highest BCUT2D eigenvalue weighted by molar-refractivity contribution is 7.92. The highest BCUT2D eigenvalue weighted by Gasteiger charge is 2.67. The summed E-state index contributed by atoms with van der Waals surface area (Å²) in [4.78, 5) is 26.4. The third kappa shape index (κ3) is 4.29. The summed E-state index contributed by atoms with van der Waals surface area (Å²) in [5.74, 6) is -2.82. The number of halogens is 4. The maximum absolute atomic E-state index is 14.0. The van der Waals surface area contributed by atoms with Gasteiger partial charge in [-0.2, -0.15) is 13.2 Å². The average Bonchev–Trinajstić information content (AvgIpc) is 2.93. The number of ether oxygens (including phenoxy) is 1. The van der Waals surface area contributed by atoms with E-state index in [1.54, 1.807) is 6.92 Å². The molecule has 0 spiro atoms. The van der Waals surface area contributed by atoms with Crippen LogP contribution in [0.5, 0.6) is 5.75 Å². The molecule has 0 radical (unpaired) electrons. The predicted octanol–water partition coefficient (Wildman–Crippen LogP) is 3.82. The van der Waals surface area contributed by atoms with E-state index in [9.17, 15) is 40.7 Å². The van der Waals surface area contributed by atoms with Gasteiger partial charge in [-0.1, -0.05) is 13.0 Å². The minimum absolute atomic E-state index is 0.0511. The molecule has 7 nitrogen and oxygen atoms in total. The number of rotatable bonds is 6. The zero-order valence-electron chi connectivity index (χ0n) is 18.6. The van der Waals surface area contributed by atoms with Crippen molar-refractivity contribution >= 4 is 32.9 Å². The fourth-order valence-electron chi connectivity index (χ4n) is 4.61. The number of ketones is 1. The van der Waals surface area contributed by atoms with Crippen LogP contribution < -0.4 is 9.64 Å². The van der Waals surface area contributed by atoms with Crippen molar-refractivity contribution in [2.75, 3.05) is 16.4 Å². The number of nitrogens with zero attached hydrogens (tertiary/aromatic N) is 1. The van der Waals surface area contributed by atoms with E-state index in [4.69, 9.17) is 4.74 Å². The summed E-state index contributed by atoms with van der Waals surface area (Å²) < 4.78 is 83.3. The Labute approximate surface area is 198 Å². The fraction of sp³-hybridized carbons (Fsp3) is 0.391. The van der Waals surface area contributed by atoms with Gasteiger partial charge in [-0.25, -0.2) is 12.8 Å². The number of hydrogen-bond donors (Lipinski definition) is 1. The molecule has 1 saturated heterocycles. The van der Waals surface area contributed by atoms with Crippen molar-refractivity contribution in [1.29, 1.82) is 0 Å². The molecular weight excluding hydrogens is 494 g/mol. The second kappa shape index (κ2) is 8.02. The molecule has 35 heavy (non-hydrogen) atoms. The van der Waals surface area contributed by atoms with E-state index < -0.39 is 50.6 Å². The van der Waals surface area contributed by atoms with E-state index in [1.165, 1.54) is 24.3 Å². The zero-order chi connectivity index (χ0) is 26.0. The molecule has 0 aliphatic carbocycles. The van der Waals surface area contributed by atoms with Crippen molar-refractivity contribution in [1.82, 2.24) is 0 Å². The Morgan fingerprint density at radius 1 is 1.20 bits per heavy atom. The Balaban J connectivity index is 1.76. The van der Waals surface area contributed by atoms with Crippen LogP contribution in [0.15, 0.2) is 42.5 Å². The molecule has 2 aromatic rings. The topological polar surface area (TPSA) is 101 Å². The molecule has 4 rings (SSSR count). The van der Waals surface area contributed by atoms with Gasteiger partial charge in [-0.3, -0.25) is 14.5 Å². The van der Waals surface area contributed by atoms with Crippen LogP contribution in [0, 0.1) is 5.41 Å². The molecule has 2 aliphatic rings. The molecule has 0 saturated carbocycles. The van der Waals surface area contributed by atoms with Crippen molar-refractivity contribution in [3.05, 3.63) is 53.6 Å². The summed E-state index contributed by atoms with van der Waals surface area (Å²) in [6.45, 7) is 2.69. The van der Waals surface area contributed by atoms with Gasteiger partial charge in [-0.15, -0.1) is 0 Å². The Hall–Kier alpha value is -2.99. The van der Waals surface area contributed by atoms with Crippen LogP contribution in [0.25, 0.3) is 0 Å². The third-order valence-electron chi connectivity index (χ3n) is 5.97. The van der Waals surface area contributed by atoms with Gasteiger partial charge in [0.05, 0.1) is 22.9 Å². The Bertz CT molecular complexity index is 1310. The van der Waals surface area contributed by atoms with E-state index in [0.29, 0.717) is 4.90 Å². The minimum Gasteiger partial charge on any atom is -0.461 e. The third-order valence-corrected chi connectivity index (χ3v) is 8.24. The number of anilines is 2. The van der Waals surface area contributed by atoms with Gasteiger partial charge in [0, 0.05) is 36.0 Å². The lowest BCUT2D eigenvalue weighted by Gasteiger charge is -2.37. The molecule has 1 unspecified atom stereocenters. The van der Waals surface area contributed by atoms with E-state index in [1.807, 2.05) is 0 Å². The average molecular weight is 515 g/mol. The quantitative estimate of drug-likeness (QED) is 0.464. The molecule has 1 fully saturated rings. The zero-order valence-corrected chi connectivity index (χ0v) is 19.4. The summed E-state index contributed by atoms with van der Waals surface area (Å²) in [5.41, 5.74) is -6.24. The van der Waals surface area contributed by atoms with Crippen LogP contribution in [0.1, 0.15) is 36.2 Å². The van der Waals surface area contributed by atoms with E-state index in [-0.39, 0.29) is 40.6 Å². The first-order valence-electron chi connectivity index (χ1n) is 10.5. The predicted molar refractivity (Wildman–Crippen MR) is 117 cm³/mol. The molecule has 1 N–H and O–H groups in total. The number of alkyl halides is 4. The summed E-state index contributed by atoms with van der Waals surface area (Å²) >= 11 is 0. The first-order chi connectivity index (χ1) is 16.1. The molecule has 2 heterocycles. The Morgan fingerprint density at radius 2 is 1.86 bits per heavy atom. The van der Waals surface area contributed by atoms with E-state index in [0.717, 1.165) is 25.1 Å². The van der Waals surface area contributed by atoms with Crippen molar-refractivity contribution in [2.45, 2.75) is 38.4 Å². The van der Waals surface area contributed by atoms with E-state index >= 15 is 0 Å². The van der Waals surface area contributed by atoms with Crippen molar-refractivity contribution < 1.29 is 45.4 Å². The number of fused-ring (bicyclic) bond motifs is 1. The number of sulfone groups is 1. The molecule has 1 amide bonds. The number of benzene rings is 2. The molecule has 0 bridgehead atoms.